The Morgan fingerprint density at radius 1 is 1.13 bits per heavy atom. The van der Waals surface area contributed by atoms with Crippen LogP contribution in [0.1, 0.15) is 16.7 Å². The topological polar surface area (TPSA) is 76.2 Å². The monoisotopic (exact) mass is 550 g/mol. The van der Waals surface area contributed by atoms with Crippen molar-refractivity contribution < 1.29 is 9.66 Å². The second kappa shape index (κ2) is 9.94. The number of ether oxygens (including phenoxy) is 1. The lowest BCUT2D eigenvalue weighted by molar-refractivity contribution is -0.384. The molecule has 0 saturated carbocycles. The molecule has 0 N–H and O–H groups in total. The highest BCUT2D eigenvalue weighted by molar-refractivity contribution is 14.1. The van der Waals surface area contributed by atoms with Crippen LogP contribution in [0.15, 0.2) is 60.7 Å². The number of benzene rings is 3. The van der Waals surface area contributed by atoms with Gasteiger partial charge in [0.15, 0.2) is 0 Å². The highest BCUT2D eigenvalue weighted by Gasteiger charge is 2.10. The lowest BCUT2D eigenvalue weighted by Gasteiger charge is -2.10. The summed E-state index contributed by atoms with van der Waals surface area (Å²) in [6.07, 6.45) is 1.68. The van der Waals surface area contributed by atoms with E-state index in [1.54, 1.807) is 30.3 Å². The second-order valence-electron chi connectivity index (χ2n) is 6.20. The summed E-state index contributed by atoms with van der Waals surface area (Å²) in [5.41, 5.74) is 2.43. The van der Waals surface area contributed by atoms with Gasteiger partial charge >= 0.3 is 0 Å². The predicted molar refractivity (Wildman–Crippen MR) is 127 cm³/mol. The number of rotatable bonds is 6. The van der Waals surface area contributed by atoms with E-state index in [-0.39, 0.29) is 5.69 Å². The largest absolute Gasteiger partial charge is 0.488 e. The molecule has 150 valence electrons. The summed E-state index contributed by atoms with van der Waals surface area (Å²) >= 11 is 14.1. The zero-order valence-electron chi connectivity index (χ0n) is 15.3. The minimum Gasteiger partial charge on any atom is -0.488 e. The maximum Gasteiger partial charge on any atom is 0.270 e. The van der Waals surface area contributed by atoms with Crippen LogP contribution < -0.4 is 4.74 Å². The third-order valence-corrected chi connectivity index (χ3v) is 5.72. The minimum absolute atomic E-state index is 0.0609. The third kappa shape index (κ3) is 5.51. The smallest absolute Gasteiger partial charge is 0.270 e. The van der Waals surface area contributed by atoms with Crippen LogP contribution in [0.4, 0.5) is 5.69 Å². The zero-order valence-corrected chi connectivity index (χ0v) is 19.0. The number of nitro benzene ring substituents is 1. The van der Waals surface area contributed by atoms with E-state index in [4.69, 9.17) is 27.9 Å². The quantitative estimate of drug-likeness (QED) is 0.107. The van der Waals surface area contributed by atoms with Crippen molar-refractivity contribution in [2.75, 3.05) is 0 Å². The number of nitro groups is 1. The third-order valence-electron chi connectivity index (χ3n) is 4.13. The molecular weight excluding hydrogens is 538 g/mol. The average Bonchev–Trinajstić information content (AvgIpc) is 2.73. The fraction of sp³-hybridized carbons (Fsp3) is 0.0455. The zero-order chi connectivity index (χ0) is 21.7. The van der Waals surface area contributed by atoms with Crippen LogP contribution in [0.3, 0.4) is 0 Å². The highest BCUT2D eigenvalue weighted by Crippen LogP contribution is 2.28. The molecule has 0 bridgehead atoms. The molecule has 0 aliphatic heterocycles. The summed E-state index contributed by atoms with van der Waals surface area (Å²) in [5.74, 6) is 0.688. The number of allylic oxidation sites excluding steroid dienone is 1. The van der Waals surface area contributed by atoms with Crippen molar-refractivity contribution in [1.29, 1.82) is 5.26 Å². The van der Waals surface area contributed by atoms with Gasteiger partial charge in [-0.15, -0.1) is 0 Å². The number of halogens is 3. The number of non-ortho nitro benzene ring substituents is 1. The van der Waals surface area contributed by atoms with E-state index in [1.165, 1.54) is 12.1 Å². The van der Waals surface area contributed by atoms with Gasteiger partial charge in [-0.2, -0.15) is 5.26 Å². The van der Waals surface area contributed by atoms with Crippen molar-refractivity contribution in [3.05, 3.63) is 101 Å². The first-order valence-electron chi connectivity index (χ1n) is 8.60. The van der Waals surface area contributed by atoms with Gasteiger partial charge in [-0.3, -0.25) is 10.1 Å². The number of hydrogen-bond donors (Lipinski definition) is 0. The molecule has 0 radical (unpaired) electrons. The maximum atomic E-state index is 11.0. The molecule has 0 saturated heterocycles. The predicted octanol–water partition coefficient (Wildman–Crippen LogP) is 7.15. The Kier molecular flexibility index (Phi) is 7.32. The molecule has 0 aromatic heterocycles. The fourth-order valence-electron chi connectivity index (χ4n) is 2.65. The lowest BCUT2D eigenvalue weighted by Crippen LogP contribution is -1.97. The van der Waals surface area contributed by atoms with Gasteiger partial charge in [-0.05, 0) is 69.6 Å². The molecule has 0 aliphatic rings. The molecule has 0 atom stereocenters. The van der Waals surface area contributed by atoms with Gasteiger partial charge in [0.2, 0.25) is 0 Å². The summed E-state index contributed by atoms with van der Waals surface area (Å²) in [6, 6.07) is 18.9. The molecule has 3 rings (SSSR count). The standard InChI is InChI=1S/C22H13Cl2IN2O3/c23-19-6-4-15(9-20(19)24)13-30-22-7-5-14(10-21(22)25)8-17(12-26)16-2-1-3-18(11-16)27(28)29/h1-11H,13H2/b17-8-. The van der Waals surface area contributed by atoms with Gasteiger partial charge in [0, 0.05) is 12.1 Å². The molecule has 3 aromatic rings. The van der Waals surface area contributed by atoms with Crippen molar-refractivity contribution >= 4 is 63.1 Å². The molecule has 0 amide bonds. The molecule has 3 aromatic carbocycles. The van der Waals surface area contributed by atoms with Crippen LogP contribution in [0.25, 0.3) is 11.6 Å². The normalized spacial score (nSPS) is 11.1. The Bertz CT molecular complexity index is 1190. The van der Waals surface area contributed by atoms with Crippen molar-refractivity contribution in [2.24, 2.45) is 0 Å². The summed E-state index contributed by atoms with van der Waals surface area (Å²) in [4.78, 5) is 10.5. The number of nitrogens with zero attached hydrogens (tertiary/aromatic N) is 2. The average molecular weight is 551 g/mol. The molecule has 0 aliphatic carbocycles. The van der Waals surface area contributed by atoms with Crippen LogP contribution in [-0.2, 0) is 6.61 Å². The summed E-state index contributed by atoms with van der Waals surface area (Å²) < 4.78 is 6.72. The van der Waals surface area contributed by atoms with E-state index < -0.39 is 4.92 Å². The van der Waals surface area contributed by atoms with E-state index in [2.05, 4.69) is 28.7 Å². The van der Waals surface area contributed by atoms with Gasteiger partial charge in [0.1, 0.15) is 12.4 Å². The molecular formula is C22H13Cl2IN2O3. The summed E-state index contributed by atoms with van der Waals surface area (Å²) in [5, 5.41) is 21.4. The van der Waals surface area contributed by atoms with Crippen LogP contribution in [-0.4, -0.2) is 4.92 Å². The molecule has 0 heterocycles. The Hall–Kier alpha value is -2.60. The van der Waals surface area contributed by atoms with Crippen molar-refractivity contribution in [3.8, 4) is 11.8 Å². The van der Waals surface area contributed by atoms with E-state index in [9.17, 15) is 15.4 Å². The first-order chi connectivity index (χ1) is 14.4. The van der Waals surface area contributed by atoms with Crippen LogP contribution in [0.2, 0.25) is 10.0 Å². The maximum absolute atomic E-state index is 11.0. The Balaban J connectivity index is 1.79. The van der Waals surface area contributed by atoms with Gasteiger partial charge in [-0.1, -0.05) is 47.5 Å². The van der Waals surface area contributed by atoms with Gasteiger partial charge in [-0.25, -0.2) is 0 Å². The van der Waals surface area contributed by atoms with Crippen molar-refractivity contribution in [2.45, 2.75) is 6.61 Å². The molecule has 0 spiro atoms. The van der Waals surface area contributed by atoms with Crippen molar-refractivity contribution in [1.82, 2.24) is 0 Å². The number of hydrogen-bond acceptors (Lipinski definition) is 4. The van der Waals surface area contributed by atoms with E-state index >= 15 is 0 Å². The Morgan fingerprint density at radius 2 is 1.93 bits per heavy atom. The number of nitriles is 1. The Morgan fingerprint density at radius 3 is 2.60 bits per heavy atom. The molecule has 0 fully saturated rings. The molecule has 8 heteroatoms. The van der Waals surface area contributed by atoms with Crippen LogP contribution in [0.5, 0.6) is 5.75 Å². The summed E-state index contributed by atoms with van der Waals surface area (Å²) in [6.45, 7) is 0.333. The lowest BCUT2D eigenvalue weighted by atomic mass is 10.0. The van der Waals surface area contributed by atoms with Gasteiger partial charge < -0.3 is 4.74 Å². The fourth-order valence-corrected chi connectivity index (χ4v) is 3.66. The minimum atomic E-state index is -0.485. The van der Waals surface area contributed by atoms with E-state index in [0.717, 1.165) is 14.7 Å². The summed E-state index contributed by atoms with van der Waals surface area (Å²) in [7, 11) is 0. The first kappa shape index (κ1) is 22.1. The van der Waals surface area contributed by atoms with E-state index in [0.29, 0.717) is 33.5 Å². The van der Waals surface area contributed by atoms with E-state index in [1.807, 2.05) is 24.3 Å². The second-order valence-corrected chi connectivity index (χ2v) is 8.18. The highest BCUT2D eigenvalue weighted by atomic mass is 127. The van der Waals surface area contributed by atoms with Gasteiger partial charge in [0.05, 0.1) is 30.2 Å². The Labute approximate surface area is 196 Å². The molecule has 5 nitrogen and oxygen atoms in total. The van der Waals surface area contributed by atoms with Crippen molar-refractivity contribution in [3.63, 3.8) is 0 Å². The van der Waals surface area contributed by atoms with Gasteiger partial charge in [0.25, 0.3) is 5.69 Å². The SMILES string of the molecule is N#C/C(=C/c1ccc(OCc2ccc(Cl)c(Cl)c2)c(I)c1)c1cccc([N+](=O)[O-])c1. The molecule has 30 heavy (non-hydrogen) atoms. The van der Waals surface area contributed by atoms with Crippen LogP contribution >= 0.6 is 45.8 Å². The van der Waals surface area contributed by atoms with Crippen LogP contribution in [0, 0.1) is 25.0 Å². The molecule has 0 unspecified atom stereocenters. The first-order valence-corrected chi connectivity index (χ1v) is 10.4.